The van der Waals surface area contributed by atoms with Gasteiger partial charge in [-0.05, 0) is 43.8 Å². The second-order valence-electron chi connectivity index (χ2n) is 5.03. The highest BCUT2D eigenvalue weighted by Crippen LogP contribution is 2.31. The number of hydrogen-bond acceptors (Lipinski definition) is 2. The molecule has 0 saturated carbocycles. The first-order valence-corrected chi connectivity index (χ1v) is 5.93. The molecule has 18 heavy (non-hydrogen) atoms. The molecule has 100 valence electrons. The fourth-order valence-electron chi connectivity index (χ4n) is 2.33. The van der Waals surface area contributed by atoms with Gasteiger partial charge in [0.05, 0.1) is 5.56 Å². The molecule has 2 rings (SSSR count). The molecular formula is C13H17F3N2. The summed E-state index contributed by atoms with van der Waals surface area (Å²) in [5.41, 5.74) is 1.24. The zero-order chi connectivity index (χ0) is 13.3. The minimum atomic E-state index is -4.25. The molecule has 2 nitrogen and oxygen atoms in total. The summed E-state index contributed by atoms with van der Waals surface area (Å²) in [6.45, 7) is 1.47. The number of nitrogens with zero attached hydrogens (tertiary/aromatic N) is 1. The highest BCUT2D eigenvalue weighted by molar-refractivity contribution is 5.35. The lowest BCUT2D eigenvalue weighted by molar-refractivity contribution is -0.137. The van der Waals surface area contributed by atoms with Crippen molar-refractivity contribution in [3.05, 3.63) is 34.9 Å². The average molecular weight is 258 g/mol. The van der Waals surface area contributed by atoms with E-state index in [2.05, 4.69) is 5.32 Å². The van der Waals surface area contributed by atoms with E-state index in [1.54, 1.807) is 6.07 Å². The molecule has 0 spiro atoms. The van der Waals surface area contributed by atoms with Crippen LogP contribution in [0, 0.1) is 0 Å². The number of alkyl halides is 3. The number of rotatable bonds is 2. The summed E-state index contributed by atoms with van der Waals surface area (Å²) >= 11 is 0. The van der Waals surface area contributed by atoms with Crippen molar-refractivity contribution >= 4 is 0 Å². The number of halogens is 3. The quantitative estimate of drug-likeness (QED) is 0.875. The molecule has 0 fully saturated rings. The topological polar surface area (TPSA) is 15.3 Å². The third kappa shape index (κ3) is 3.03. The zero-order valence-electron chi connectivity index (χ0n) is 10.5. The number of hydrogen-bond donors (Lipinski definition) is 1. The van der Waals surface area contributed by atoms with Gasteiger partial charge in [-0.2, -0.15) is 13.2 Å². The van der Waals surface area contributed by atoms with Crippen LogP contribution in [0.2, 0.25) is 0 Å². The number of nitrogens with one attached hydrogen (secondary N) is 1. The Labute approximate surface area is 105 Å². The van der Waals surface area contributed by atoms with Crippen molar-refractivity contribution < 1.29 is 13.2 Å². The van der Waals surface area contributed by atoms with Crippen LogP contribution in [0.5, 0.6) is 0 Å². The molecule has 0 radical (unpaired) electrons. The molecule has 0 aliphatic carbocycles. The first kappa shape index (κ1) is 13.4. The van der Waals surface area contributed by atoms with Gasteiger partial charge in [0, 0.05) is 19.1 Å². The van der Waals surface area contributed by atoms with Crippen molar-refractivity contribution in [2.45, 2.75) is 25.2 Å². The molecule has 0 aromatic heterocycles. The molecule has 1 heterocycles. The van der Waals surface area contributed by atoms with Crippen LogP contribution >= 0.6 is 0 Å². The fourth-order valence-corrected chi connectivity index (χ4v) is 2.33. The predicted molar refractivity (Wildman–Crippen MR) is 64.3 cm³/mol. The van der Waals surface area contributed by atoms with Crippen LogP contribution in [0.25, 0.3) is 0 Å². The Balaban J connectivity index is 2.19. The maximum absolute atomic E-state index is 12.6. The standard InChI is InChI=1S/C13H17F3N2/c1-18(2)8-12-6-10-5-11(13(14,15)16)4-3-9(10)7-17-12/h3-5,12,17H,6-8H2,1-2H3. The van der Waals surface area contributed by atoms with Crippen molar-refractivity contribution in [1.29, 1.82) is 0 Å². The highest BCUT2D eigenvalue weighted by Gasteiger charge is 2.31. The maximum atomic E-state index is 12.6. The monoisotopic (exact) mass is 258 g/mol. The second-order valence-corrected chi connectivity index (χ2v) is 5.03. The van der Waals surface area contributed by atoms with Gasteiger partial charge in [0.25, 0.3) is 0 Å². The van der Waals surface area contributed by atoms with E-state index >= 15 is 0 Å². The summed E-state index contributed by atoms with van der Waals surface area (Å²) < 4.78 is 37.9. The number of fused-ring (bicyclic) bond motifs is 1. The molecule has 1 aliphatic heterocycles. The van der Waals surface area contributed by atoms with E-state index < -0.39 is 11.7 Å². The summed E-state index contributed by atoms with van der Waals surface area (Å²) in [6, 6.07) is 4.25. The summed E-state index contributed by atoms with van der Waals surface area (Å²) in [7, 11) is 3.92. The van der Waals surface area contributed by atoms with Crippen molar-refractivity contribution in [3.8, 4) is 0 Å². The SMILES string of the molecule is CN(C)CC1Cc2cc(C(F)(F)F)ccc2CN1. The van der Waals surface area contributed by atoms with Gasteiger partial charge in [0.15, 0.2) is 0 Å². The lowest BCUT2D eigenvalue weighted by atomic mass is 9.93. The molecule has 1 aromatic carbocycles. The average Bonchev–Trinajstić information content (AvgIpc) is 2.26. The molecular weight excluding hydrogens is 241 g/mol. The van der Waals surface area contributed by atoms with Gasteiger partial charge in [-0.15, -0.1) is 0 Å². The Kier molecular flexibility index (Phi) is 3.64. The Morgan fingerprint density at radius 3 is 2.61 bits per heavy atom. The van der Waals surface area contributed by atoms with Gasteiger partial charge in [-0.1, -0.05) is 6.07 Å². The zero-order valence-corrected chi connectivity index (χ0v) is 10.5. The lowest BCUT2D eigenvalue weighted by Crippen LogP contribution is -2.42. The Morgan fingerprint density at radius 2 is 2.00 bits per heavy atom. The van der Waals surface area contributed by atoms with Crippen LogP contribution in [-0.2, 0) is 19.1 Å². The Hall–Kier alpha value is -1.07. The van der Waals surface area contributed by atoms with Gasteiger partial charge in [0.2, 0.25) is 0 Å². The predicted octanol–water partition coefficient (Wildman–Crippen LogP) is 2.28. The molecule has 1 N–H and O–H groups in total. The van der Waals surface area contributed by atoms with Gasteiger partial charge in [0.1, 0.15) is 0 Å². The van der Waals surface area contributed by atoms with Gasteiger partial charge >= 0.3 is 6.18 Å². The van der Waals surface area contributed by atoms with Crippen LogP contribution in [-0.4, -0.2) is 31.6 Å². The van der Waals surface area contributed by atoms with Gasteiger partial charge in [-0.3, -0.25) is 0 Å². The summed E-state index contributed by atoms with van der Waals surface area (Å²) in [5.74, 6) is 0. The van der Waals surface area contributed by atoms with Crippen LogP contribution in [0.4, 0.5) is 13.2 Å². The molecule has 0 amide bonds. The van der Waals surface area contributed by atoms with Crippen molar-refractivity contribution in [2.24, 2.45) is 0 Å². The molecule has 1 unspecified atom stereocenters. The minimum Gasteiger partial charge on any atom is -0.308 e. The van der Waals surface area contributed by atoms with E-state index in [1.807, 2.05) is 19.0 Å². The van der Waals surface area contributed by atoms with Gasteiger partial charge < -0.3 is 10.2 Å². The van der Waals surface area contributed by atoms with Crippen LogP contribution in [0.15, 0.2) is 18.2 Å². The molecule has 0 bridgehead atoms. The molecule has 0 saturated heterocycles. The molecule has 1 aliphatic rings. The lowest BCUT2D eigenvalue weighted by Gasteiger charge is -2.28. The highest BCUT2D eigenvalue weighted by atomic mass is 19.4. The van der Waals surface area contributed by atoms with E-state index in [1.165, 1.54) is 6.07 Å². The van der Waals surface area contributed by atoms with Crippen LogP contribution in [0.1, 0.15) is 16.7 Å². The largest absolute Gasteiger partial charge is 0.416 e. The molecule has 1 aromatic rings. The maximum Gasteiger partial charge on any atom is 0.416 e. The van der Waals surface area contributed by atoms with Crippen molar-refractivity contribution in [1.82, 2.24) is 10.2 Å². The van der Waals surface area contributed by atoms with Crippen molar-refractivity contribution in [2.75, 3.05) is 20.6 Å². The summed E-state index contributed by atoms with van der Waals surface area (Å²) in [5, 5.41) is 3.34. The molecule has 5 heteroatoms. The molecule has 1 atom stereocenters. The first-order valence-electron chi connectivity index (χ1n) is 5.93. The summed E-state index contributed by atoms with van der Waals surface area (Å²) in [6.07, 6.45) is -3.60. The van der Waals surface area contributed by atoms with E-state index in [0.717, 1.165) is 23.7 Å². The fraction of sp³-hybridized carbons (Fsp3) is 0.538. The normalized spacial score (nSPS) is 20.0. The Morgan fingerprint density at radius 1 is 1.28 bits per heavy atom. The Bertz CT molecular complexity index is 427. The first-order chi connectivity index (χ1) is 8.36. The second kappa shape index (κ2) is 4.90. The van der Waals surface area contributed by atoms with E-state index in [4.69, 9.17) is 0 Å². The van der Waals surface area contributed by atoms with E-state index in [0.29, 0.717) is 13.0 Å². The van der Waals surface area contributed by atoms with Crippen LogP contribution < -0.4 is 5.32 Å². The number of benzene rings is 1. The summed E-state index contributed by atoms with van der Waals surface area (Å²) in [4.78, 5) is 2.04. The van der Waals surface area contributed by atoms with E-state index in [9.17, 15) is 13.2 Å². The van der Waals surface area contributed by atoms with Crippen LogP contribution in [0.3, 0.4) is 0 Å². The number of likely N-dealkylation sites (N-methyl/N-ethyl adjacent to an activating group) is 1. The third-order valence-electron chi connectivity index (χ3n) is 3.17. The third-order valence-corrected chi connectivity index (χ3v) is 3.17. The van der Waals surface area contributed by atoms with Crippen molar-refractivity contribution in [3.63, 3.8) is 0 Å². The minimum absolute atomic E-state index is 0.219. The van der Waals surface area contributed by atoms with E-state index in [-0.39, 0.29) is 6.04 Å². The van der Waals surface area contributed by atoms with Gasteiger partial charge in [-0.25, -0.2) is 0 Å². The smallest absolute Gasteiger partial charge is 0.308 e.